The summed E-state index contributed by atoms with van der Waals surface area (Å²) < 4.78 is 0. The Labute approximate surface area is 259 Å². The highest BCUT2D eigenvalue weighted by Gasteiger charge is 2.38. The zero-order valence-electron chi connectivity index (χ0n) is 24.8. The zero-order valence-corrected chi connectivity index (χ0v) is 24.8. The lowest BCUT2D eigenvalue weighted by molar-refractivity contribution is 0.345. The first-order chi connectivity index (χ1) is 21.6. The van der Waals surface area contributed by atoms with E-state index in [0.29, 0.717) is 11.5 Å². The topological polar surface area (TPSA) is 40.5 Å². The van der Waals surface area contributed by atoms with Crippen molar-refractivity contribution in [1.29, 1.82) is 0 Å². The third-order valence-electron chi connectivity index (χ3n) is 9.37. The van der Waals surface area contributed by atoms with Gasteiger partial charge in [0.05, 0.1) is 0 Å². The minimum absolute atomic E-state index is 0.292. The molecule has 0 radical (unpaired) electrons. The van der Waals surface area contributed by atoms with E-state index in [0.717, 1.165) is 70.2 Å². The first kappa shape index (κ1) is 27.7. The van der Waals surface area contributed by atoms with Crippen LogP contribution in [-0.2, 0) is 5.41 Å². The highest BCUT2D eigenvalue weighted by molar-refractivity contribution is 5.86. The van der Waals surface area contributed by atoms with Crippen LogP contribution in [0.15, 0.2) is 146 Å². The van der Waals surface area contributed by atoms with Crippen LogP contribution in [0.1, 0.15) is 43.2 Å². The first-order valence-corrected chi connectivity index (χ1v) is 15.6. The van der Waals surface area contributed by atoms with Gasteiger partial charge in [0.15, 0.2) is 0 Å². The van der Waals surface area contributed by atoms with E-state index < -0.39 is 0 Å². The molecule has 2 nitrogen and oxygen atoms in total. The normalized spacial score (nSPS) is 14.3. The van der Waals surface area contributed by atoms with Crippen molar-refractivity contribution in [3.05, 3.63) is 157 Å². The van der Waals surface area contributed by atoms with Crippen LogP contribution >= 0.6 is 0 Å². The number of rotatable bonds is 6. The van der Waals surface area contributed by atoms with Gasteiger partial charge < -0.3 is 10.2 Å². The van der Waals surface area contributed by atoms with Crippen LogP contribution in [0.3, 0.4) is 0 Å². The lowest BCUT2D eigenvalue weighted by atomic mass is 9.64. The van der Waals surface area contributed by atoms with E-state index in [1.54, 1.807) is 0 Å². The van der Waals surface area contributed by atoms with Gasteiger partial charge in [0.2, 0.25) is 0 Å². The predicted octanol–water partition coefficient (Wildman–Crippen LogP) is 11.0. The second-order valence-electron chi connectivity index (χ2n) is 11.9. The van der Waals surface area contributed by atoms with Crippen molar-refractivity contribution in [1.82, 2.24) is 0 Å². The quantitative estimate of drug-likeness (QED) is 0.208. The van der Waals surface area contributed by atoms with Crippen LogP contribution in [0, 0.1) is 0 Å². The van der Waals surface area contributed by atoms with Crippen LogP contribution in [-0.4, -0.2) is 10.2 Å². The number of phenols is 2. The van der Waals surface area contributed by atoms with Gasteiger partial charge in [-0.2, -0.15) is 0 Å². The van der Waals surface area contributed by atoms with Crippen molar-refractivity contribution in [3.8, 4) is 56.0 Å². The molecule has 44 heavy (non-hydrogen) atoms. The molecule has 6 aromatic rings. The maximum absolute atomic E-state index is 11.8. The Hall–Kier alpha value is -5.08. The van der Waals surface area contributed by atoms with Gasteiger partial charge in [-0.05, 0) is 70.5 Å². The fourth-order valence-corrected chi connectivity index (χ4v) is 7.07. The molecule has 7 rings (SSSR count). The van der Waals surface area contributed by atoms with Crippen LogP contribution in [0.5, 0.6) is 11.5 Å². The van der Waals surface area contributed by atoms with Gasteiger partial charge in [0.1, 0.15) is 11.5 Å². The molecular weight excluding hydrogens is 536 g/mol. The largest absolute Gasteiger partial charge is 0.507 e. The lowest BCUT2D eigenvalue weighted by Crippen LogP contribution is -2.31. The van der Waals surface area contributed by atoms with Gasteiger partial charge in [-0.15, -0.1) is 0 Å². The summed E-state index contributed by atoms with van der Waals surface area (Å²) in [6.45, 7) is 0. The van der Waals surface area contributed by atoms with Gasteiger partial charge in [-0.1, -0.05) is 141 Å². The SMILES string of the molecule is Oc1c(-c2ccccc2)cc(C2(c3cc(-c4ccccc4)c(O)c(-c4ccccc4)c3)CCCCC2)cc1-c1ccccc1. The summed E-state index contributed by atoms with van der Waals surface area (Å²) in [5, 5.41) is 23.5. The van der Waals surface area contributed by atoms with Crippen molar-refractivity contribution in [2.24, 2.45) is 0 Å². The van der Waals surface area contributed by atoms with E-state index in [2.05, 4.69) is 72.8 Å². The average molecular weight is 573 g/mol. The van der Waals surface area contributed by atoms with E-state index in [9.17, 15) is 10.2 Å². The summed E-state index contributed by atoms with van der Waals surface area (Å²) in [6, 6.07) is 49.7. The van der Waals surface area contributed by atoms with Crippen LogP contribution < -0.4 is 0 Å². The number of aromatic hydroxyl groups is 2. The summed E-state index contributed by atoms with van der Waals surface area (Å²) >= 11 is 0. The van der Waals surface area contributed by atoms with Crippen molar-refractivity contribution >= 4 is 0 Å². The molecule has 1 fully saturated rings. The number of hydrogen-bond donors (Lipinski definition) is 2. The fraction of sp³-hybridized carbons (Fsp3) is 0.143. The molecule has 216 valence electrons. The molecule has 1 aliphatic rings. The first-order valence-electron chi connectivity index (χ1n) is 15.6. The van der Waals surface area contributed by atoms with E-state index in [1.807, 2.05) is 72.8 Å². The monoisotopic (exact) mass is 572 g/mol. The molecule has 6 aromatic carbocycles. The van der Waals surface area contributed by atoms with E-state index >= 15 is 0 Å². The molecule has 0 bridgehead atoms. The van der Waals surface area contributed by atoms with Crippen molar-refractivity contribution < 1.29 is 10.2 Å². The molecule has 0 aliphatic heterocycles. The highest BCUT2D eigenvalue weighted by atomic mass is 16.3. The van der Waals surface area contributed by atoms with E-state index in [1.165, 1.54) is 17.5 Å². The molecule has 2 N–H and O–H groups in total. The van der Waals surface area contributed by atoms with Gasteiger partial charge >= 0.3 is 0 Å². The molecule has 0 spiro atoms. The molecule has 0 aromatic heterocycles. The Morgan fingerprint density at radius 3 is 0.909 bits per heavy atom. The Bertz CT molecular complexity index is 1620. The highest BCUT2D eigenvalue weighted by Crippen LogP contribution is 2.52. The van der Waals surface area contributed by atoms with Crippen molar-refractivity contribution in [2.75, 3.05) is 0 Å². The minimum Gasteiger partial charge on any atom is -0.507 e. The lowest BCUT2D eigenvalue weighted by Gasteiger charge is -2.40. The molecule has 1 saturated carbocycles. The number of phenolic OH excluding ortho intramolecular Hbond substituents is 2. The summed E-state index contributed by atoms with van der Waals surface area (Å²) in [5.74, 6) is 0.607. The molecule has 0 amide bonds. The van der Waals surface area contributed by atoms with E-state index in [4.69, 9.17) is 0 Å². The minimum atomic E-state index is -0.292. The Balaban J connectivity index is 1.52. The number of hydrogen-bond acceptors (Lipinski definition) is 2. The Kier molecular flexibility index (Phi) is 7.50. The Morgan fingerprint density at radius 1 is 0.364 bits per heavy atom. The standard InChI is InChI=1S/C42H36O2/c43-40-36(30-16-6-1-7-17-30)26-34(27-37(40)31-18-8-2-9-19-31)42(24-14-5-15-25-42)35-28-38(32-20-10-3-11-21-32)41(44)39(29-35)33-22-12-4-13-23-33/h1-4,6-13,16-23,26-29,43-44H,5,14-15,24-25H2. The van der Waals surface area contributed by atoms with Crippen LogP contribution in [0.4, 0.5) is 0 Å². The average Bonchev–Trinajstić information content (AvgIpc) is 3.10. The predicted molar refractivity (Wildman–Crippen MR) is 182 cm³/mol. The van der Waals surface area contributed by atoms with Gasteiger partial charge in [-0.3, -0.25) is 0 Å². The van der Waals surface area contributed by atoms with E-state index in [-0.39, 0.29) is 5.41 Å². The fourth-order valence-electron chi connectivity index (χ4n) is 7.07. The molecule has 0 unspecified atom stereocenters. The maximum atomic E-state index is 11.8. The maximum Gasteiger partial charge on any atom is 0.131 e. The molecule has 0 saturated heterocycles. The summed E-state index contributed by atoms with van der Waals surface area (Å²) in [4.78, 5) is 0. The smallest absolute Gasteiger partial charge is 0.131 e. The molecule has 0 atom stereocenters. The molecule has 1 aliphatic carbocycles. The molecule has 2 heteroatoms. The van der Waals surface area contributed by atoms with Crippen molar-refractivity contribution in [2.45, 2.75) is 37.5 Å². The van der Waals surface area contributed by atoms with Gasteiger partial charge in [0, 0.05) is 27.7 Å². The summed E-state index contributed by atoms with van der Waals surface area (Å²) in [6.07, 6.45) is 5.42. The van der Waals surface area contributed by atoms with Crippen LogP contribution in [0.2, 0.25) is 0 Å². The summed E-state index contributed by atoms with van der Waals surface area (Å²) in [5.41, 5.74) is 9.48. The molecular formula is C42H36O2. The van der Waals surface area contributed by atoms with Gasteiger partial charge in [-0.25, -0.2) is 0 Å². The second kappa shape index (κ2) is 11.9. The molecule has 0 heterocycles. The van der Waals surface area contributed by atoms with Crippen LogP contribution in [0.25, 0.3) is 44.5 Å². The Morgan fingerprint density at radius 2 is 0.636 bits per heavy atom. The van der Waals surface area contributed by atoms with Gasteiger partial charge in [0.25, 0.3) is 0 Å². The second-order valence-corrected chi connectivity index (χ2v) is 11.9. The third-order valence-corrected chi connectivity index (χ3v) is 9.37. The van der Waals surface area contributed by atoms with Crippen molar-refractivity contribution in [3.63, 3.8) is 0 Å². The summed E-state index contributed by atoms with van der Waals surface area (Å²) in [7, 11) is 0. The zero-order chi connectivity index (χ0) is 29.9. The third kappa shape index (κ3) is 5.07. The number of benzene rings is 6.